The van der Waals surface area contributed by atoms with Gasteiger partial charge in [-0.15, -0.1) is 0 Å². The minimum Gasteiger partial charge on any atom is -0.384 e. The van der Waals surface area contributed by atoms with Gasteiger partial charge in [-0.1, -0.05) is 18.2 Å². The Morgan fingerprint density at radius 1 is 0.972 bits per heavy atom. The number of hydrogen-bond acceptors (Lipinski definition) is 5. The number of carbonyl (C=O) groups is 1. The first-order chi connectivity index (χ1) is 16.9. The monoisotopic (exact) mass is 525 g/mol. The Morgan fingerprint density at radius 2 is 1.69 bits per heavy atom. The molecule has 0 aliphatic heterocycles. The number of carbonyl (C=O) groups excluding carboxylic acids is 1. The zero-order valence-corrected chi connectivity index (χ0v) is 20.1. The molecule has 0 unspecified atom stereocenters. The second-order valence-electron chi connectivity index (χ2n) is 7.93. The molecule has 36 heavy (non-hydrogen) atoms. The Bertz CT molecular complexity index is 1410. The molecule has 0 bridgehead atoms. The smallest absolute Gasteiger partial charge is 0.250 e. The third kappa shape index (κ3) is 6.13. The molecule has 0 aliphatic rings. The van der Waals surface area contributed by atoms with Gasteiger partial charge in [-0.3, -0.25) is 9.52 Å². The Kier molecular flexibility index (Phi) is 8.21. The lowest BCUT2D eigenvalue weighted by atomic mass is 9.99. The summed E-state index contributed by atoms with van der Waals surface area (Å²) in [6.45, 7) is 1.51. The van der Waals surface area contributed by atoms with E-state index < -0.39 is 73.9 Å². The second-order valence-corrected chi connectivity index (χ2v) is 9.77. The van der Waals surface area contributed by atoms with Crippen molar-refractivity contribution in [1.29, 1.82) is 0 Å². The maximum absolute atomic E-state index is 15.0. The number of aryl methyl sites for hydroxylation is 1. The number of benzene rings is 3. The van der Waals surface area contributed by atoms with Crippen LogP contribution in [0.15, 0.2) is 42.5 Å². The van der Waals surface area contributed by atoms with Crippen LogP contribution in [0.25, 0.3) is 0 Å². The highest BCUT2D eigenvalue weighted by Gasteiger charge is 2.24. The van der Waals surface area contributed by atoms with Crippen molar-refractivity contribution in [3.63, 3.8) is 0 Å². The average Bonchev–Trinajstić information content (AvgIpc) is 2.81. The summed E-state index contributed by atoms with van der Waals surface area (Å²) < 4.78 is 90.2. The molecule has 0 spiro atoms. The van der Waals surface area contributed by atoms with E-state index in [1.807, 2.05) is 0 Å². The molecular weight excluding hydrogens is 502 g/mol. The summed E-state index contributed by atoms with van der Waals surface area (Å²) >= 11 is 0. The van der Waals surface area contributed by atoms with Gasteiger partial charge in [-0.2, -0.15) is 0 Å². The van der Waals surface area contributed by atoms with Crippen molar-refractivity contribution in [2.24, 2.45) is 5.73 Å². The first kappa shape index (κ1) is 27.0. The van der Waals surface area contributed by atoms with Crippen LogP contribution in [-0.2, 0) is 21.2 Å². The van der Waals surface area contributed by atoms with Crippen molar-refractivity contribution >= 4 is 33.0 Å². The highest BCUT2D eigenvalue weighted by atomic mass is 32.2. The second kappa shape index (κ2) is 11.0. The van der Waals surface area contributed by atoms with Crippen molar-refractivity contribution in [2.45, 2.75) is 13.3 Å². The number of rotatable bonds is 10. The number of methoxy groups -OCH3 is 1. The van der Waals surface area contributed by atoms with Crippen LogP contribution in [-0.4, -0.2) is 33.8 Å². The molecule has 3 aromatic rings. The Hall–Kier alpha value is -3.64. The Balaban J connectivity index is 1.99. The molecule has 0 radical (unpaired) electrons. The minimum absolute atomic E-state index is 0.121. The number of nitrogens with two attached hydrogens (primary N) is 1. The predicted octanol–water partition coefficient (Wildman–Crippen LogP) is 4.37. The van der Waals surface area contributed by atoms with Gasteiger partial charge in [0.2, 0.25) is 10.0 Å². The fourth-order valence-corrected chi connectivity index (χ4v) is 4.37. The molecule has 12 heteroatoms. The largest absolute Gasteiger partial charge is 0.384 e. The van der Waals surface area contributed by atoms with Crippen LogP contribution >= 0.6 is 0 Å². The van der Waals surface area contributed by atoms with Crippen molar-refractivity contribution in [3.05, 3.63) is 88.0 Å². The van der Waals surface area contributed by atoms with Crippen molar-refractivity contribution in [1.82, 2.24) is 0 Å². The van der Waals surface area contributed by atoms with Gasteiger partial charge < -0.3 is 15.8 Å². The Morgan fingerprint density at radius 3 is 2.33 bits per heavy atom. The van der Waals surface area contributed by atoms with Gasteiger partial charge >= 0.3 is 0 Å². The van der Waals surface area contributed by atoms with E-state index in [1.165, 1.54) is 31.4 Å². The van der Waals surface area contributed by atoms with Crippen LogP contribution in [0.4, 0.5) is 34.6 Å². The molecule has 0 aliphatic carbocycles. The van der Waals surface area contributed by atoms with Crippen LogP contribution < -0.4 is 15.8 Å². The maximum Gasteiger partial charge on any atom is 0.250 e. The summed E-state index contributed by atoms with van der Waals surface area (Å²) in [7, 11) is -2.62. The van der Waals surface area contributed by atoms with Gasteiger partial charge in [-0.25, -0.2) is 26.0 Å². The van der Waals surface area contributed by atoms with Gasteiger partial charge in [0.05, 0.1) is 35.0 Å². The molecule has 1 amide bonds. The lowest BCUT2D eigenvalue weighted by Crippen LogP contribution is -2.20. The third-order valence-electron chi connectivity index (χ3n) is 5.21. The van der Waals surface area contributed by atoms with Crippen molar-refractivity contribution < 1.29 is 35.5 Å². The summed E-state index contributed by atoms with van der Waals surface area (Å²) in [4.78, 5) is 12.0. The van der Waals surface area contributed by atoms with E-state index in [1.54, 1.807) is 6.92 Å². The summed E-state index contributed by atoms with van der Waals surface area (Å²) in [6, 6.07) is 8.65. The first-order valence-electron chi connectivity index (χ1n) is 10.5. The lowest BCUT2D eigenvalue weighted by molar-refractivity contribution is 0.100. The van der Waals surface area contributed by atoms with Crippen molar-refractivity contribution in [3.8, 4) is 0 Å². The molecule has 0 atom stereocenters. The quantitative estimate of drug-likeness (QED) is 0.341. The van der Waals surface area contributed by atoms with Crippen LogP contribution in [0.2, 0.25) is 0 Å². The van der Waals surface area contributed by atoms with Gasteiger partial charge in [0, 0.05) is 13.5 Å². The molecule has 0 saturated carbocycles. The molecule has 192 valence electrons. The van der Waals surface area contributed by atoms with E-state index in [0.717, 1.165) is 18.2 Å². The highest BCUT2D eigenvalue weighted by Crippen LogP contribution is 2.32. The Labute approximate surface area is 205 Å². The molecule has 3 aromatic carbocycles. The molecule has 0 heterocycles. The van der Waals surface area contributed by atoms with E-state index in [9.17, 15) is 22.0 Å². The van der Waals surface area contributed by atoms with Crippen molar-refractivity contribution in [2.75, 3.05) is 29.5 Å². The number of nitrogens with one attached hydrogen (secondary N) is 2. The van der Waals surface area contributed by atoms with Crippen LogP contribution in [0.1, 0.15) is 27.0 Å². The van der Waals surface area contributed by atoms with E-state index in [4.69, 9.17) is 10.5 Å². The highest BCUT2D eigenvalue weighted by molar-refractivity contribution is 7.92. The van der Waals surface area contributed by atoms with Crippen LogP contribution in [0, 0.1) is 30.2 Å². The van der Waals surface area contributed by atoms with E-state index in [2.05, 4.69) is 10.0 Å². The fraction of sp³-hybridized carbons (Fsp3) is 0.208. The van der Waals surface area contributed by atoms with E-state index >= 15 is 8.78 Å². The normalized spacial score (nSPS) is 11.4. The third-order valence-corrected chi connectivity index (χ3v) is 6.45. The molecular formula is C24H23F4N3O4S. The number of amides is 1. The van der Waals surface area contributed by atoms with E-state index in [0.29, 0.717) is 5.56 Å². The molecule has 3 rings (SSSR count). The first-order valence-corrected chi connectivity index (χ1v) is 12.2. The molecule has 7 nitrogen and oxygen atoms in total. The predicted molar refractivity (Wildman–Crippen MR) is 128 cm³/mol. The fourth-order valence-electron chi connectivity index (χ4n) is 3.39. The maximum atomic E-state index is 15.0. The number of ether oxygens (including phenoxy) is 1. The zero-order valence-electron chi connectivity index (χ0n) is 19.3. The van der Waals surface area contributed by atoms with E-state index in [-0.39, 0.29) is 17.9 Å². The molecule has 0 aromatic heterocycles. The number of halogens is 4. The van der Waals surface area contributed by atoms with Crippen LogP contribution in [0.5, 0.6) is 0 Å². The van der Waals surface area contributed by atoms with Gasteiger partial charge in [0.15, 0.2) is 17.5 Å². The zero-order chi connectivity index (χ0) is 26.6. The summed E-state index contributed by atoms with van der Waals surface area (Å²) in [5.41, 5.74) is 3.56. The number of anilines is 3. The summed E-state index contributed by atoms with van der Waals surface area (Å²) in [6.07, 6.45) is -0.540. The molecule has 0 saturated heterocycles. The standard InChI is InChI=1S/C24H23F4N3O4S/c1-13-6-7-18(17(25)10-13)30-23-16(24(29)32)12-15(21(27)22(23)28)11-14-4-3-5-19(20(14)26)31-36(33,34)9-8-35-2/h3-7,10,12,30-31H,8-9,11H2,1-2H3,(H2,29,32). The van der Waals surface area contributed by atoms with Crippen LogP contribution in [0.3, 0.4) is 0 Å². The minimum atomic E-state index is -3.93. The number of sulfonamides is 1. The molecule has 0 fully saturated rings. The topological polar surface area (TPSA) is 111 Å². The number of hydrogen-bond donors (Lipinski definition) is 3. The lowest BCUT2D eigenvalue weighted by Gasteiger charge is -2.16. The summed E-state index contributed by atoms with van der Waals surface area (Å²) in [5, 5.41) is 2.36. The molecule has 4 N–H and O–H groups in total. The van der Waals surface area contributed by atoms with Gasteiger partial charge in [0.25, 0.3) is 5.91 Å². The van der Waals surface area contributed by atoms with Gasteiger partial charge in [-0.05, 0) is 47.9 Å². The average molecular weight is 526 g/mol. The summed E-state index contributed by atoms with van der Waals surface area (Å²) in [5.74, 6) is -6.27. The van der Waals surface area contributed by atoms with Gasteiger partial charge in [0.1, 0.15) is 5.82 Å². The number of primary amides is 1. The SMILES string of the molecule is COCCS(=O)(=O)Nc1cccc(Cc2cc(C(N)=O)c(Nc3ccc(C)cc3F)c(F)c2F)c1F.